The lowest BCUT2D eigenvalue weighted by Crippen LogP contribution is -2.57. The first-order valence-corrected chi connectivity index (χ1v) is 15.9. The van der Waals surface area contributed by atoms with Gasteiger partial charge in [-0.05, 0) is 68.5 Å². The van der Waals surface area contributed by atoms with Crippen molar-refractivity contribution in [3.05, 3.63) is 46.1 Å². The van der Waals surface area contributed by atoms with Crippen molar-refractivity contribution in [1.82, 2.24) is 20.1 Å². The van der Waals surface area contributed by atoms with Crippen LogP contribution in [0.15, 0.2) is 28.3 Å². The number of nitrogens with one attached hydrogen (secondary N) is 3. The second-order valence-electron chi connectivity index (χ2n) is 12.2. The van der Waals surface area contributed by atoms with Crippen molar-refractivity contribution in [3.8, 4) is 0 Å². The van der Waals surface area contributed by atoms with Gasteiger partial charge in [-0.25, -0.2) is 9.98 Å². The molecule has 12 heteroatoms. The van der Waals surface area contributed by atoms with Crippen molar-refractivity contribution in [2.24, 2.45) is 9.98 Å². The molecule has 238 valence electrons. The van der Waals surface area contributed by atoms with E-state index in [1.165, 1.54) is 0 Å². The molecular formula is C32H42F3N7O2. The normalized spacial score (nSPS) is 20.6. The molecule has 2 aromatic rings. The number of halogens is 3. The first-order valence-electron chi connectivity index (χ1n) is 15.9. The predicted octanol–water partition coefficient (Wildman–Crippen LogP) is 5.14. The molecule has 2 aliphatic heterocycles. The second-order valence-corrected chi connectivity index (χ2v) is 12.2. The maximum absolute atomic E-state index is 14.0. The van der Waals surface area contributed by atoms with Crippen molar-refractivity contribution in [2.45, 2.75) is 76.0 Å². The van der Waals surface area contributed by atoms with Crippen LogP contribution in [-0.4, -0.2) is 91.4 Å². The number of alkyl halides is 3. The highest BCUT2D eigenvalue weighted by Crippen LogP contribution is 2.37. The fourth-order valence-electron chi connectivity index (χ4n) is 6.97. The molecule has 3 fully saturated rings. The summed E-state index contributed by atoms with van der Waals surface area (Å²) >= 11 is 0. The summed E-state index contributed by atoms with van der Waals surface area (Å²) in [5.74, 6) is 0.280. The number of aromatic amines is 1. The number of amides is 1. The summed E-state index contributed by atoms with van der Waals surface area (Å²) in [6.45, 7) is 8.23. The summed E-state index contributed by atoms with van der Waals surface area (Å²) < 4.78 is 47.3. The minimum Gasteiger partial charge on any atom is -0.378 e. The van der Waals surface area contributed by atoms with Crippen LogP contribution in [0.1, 0.15) is 77.6 Å². The van der Waals surface area contributed by atoms with Gasteiger partial charge in [0, 0.05) is 49.7 Å². The van der Waals surface area contributed by atoms with E-state index in [0.29, 0.717) is 19.1 Å². The van der Waals surface area contributed by atoms with E-state index < -0.39 is 11.7 Å². The van der Waals surface area contributed by atoms with Crippen molar-refractivity contribution in [3.63, 3.8) is 0 Å². The van der Waals surface area contributed by atoms with E-state index in [0.717, 1.165) is 113 Å². The molecule has 2 aliphatic carbocycles. The number of ether oxygens (including phenoxy) is 1. The molecule has 0 bridgehead atoms. The Labute approximate surface area is 256 Å². The van der Waals surface area contributed by atoms with E-state index in [-0.39, 0.29) is 35.8 Å². The number of amidine groups is 1. The number of hydrogen-bond acceptors (Lipinski definition) is 6. The van der Waals surface area contributed by atoms with Crippen LogP contribution >= 0.6 is 0 Å². The van der Waals surface area contributed by atoms with Crippen LogP contribution < -0.4 is 10.6 Å². The maximum Gasteiger partial charge on any atom is 0.418 e. The molecule has 44 heavy (non-hydrogen) atoms. The average Bonchev–Trinajstić information content (AvgIpc) is 3.45. The van der Waals surface area contributed by atoms with Crippen LogP contribution in [0.4, 0.5) is 24.7 Å². The number of aliphatic imine (C=N–C) groups is 2. The SMILES string of the molecule is C=Nc1[nH]cc(C(F)(F)F)c1C(=NCNc1ccc(C(=O)N2CCN(C3COC3)CC2)c2c1CCCC2)NC1CCCCC1. The lowest BCUT2D eigenvalue weighted by atomic mass is 9.86. The fourth-order valence-corrected chi connectivity index (χ4v) is 6.97. The first-order chi connectivity index (χ1) is 21.3. The monoisotopic (exact) mass is 613 g/mol. The van der Waals surface area contributed by atoms with Crippen LogP contribution in [-0.2, 0) is 23.8 Å². The Kier molecular flexibility index (Phi) is 9.27. The van der Waals surface area contributed by atoms with Crippen LogP contribution in [0, 0.1) is 0 Å². The third-order valence-electron chi connectivity index (χ3n) is 9.52. The molecule has 0 unspecified atom stereocenters. The van der Waals surface area contributed by atoms with Crippen molar-refractivity contribution in [2.75, 3.05) is 51.4 Å². The Morgan fingerprint density at radius 3 is 2.41 bits per heavy atom. The summed E-state index contributed by atoms with van der Waals surface area (Å²) in [6, 6.07) is 4.35. The molecule has 4 aliphatic rings. The molecule has 0 radical (unpaired) electrons. The number of carbonyl (C=O) groups is 1. The summed E-state index contributed by atoms with van der Waals surface area (Å²) in [6.07, 6.45) is 4.99. The van der Waals surface area contributed by atoms with E-state index in [1.807, 2.05) is 17.0 Å². The molecule has 6 rings (SSSR count). The third kappa shape index (κ3) is 6.51. The van der Waals surface area contributed by atoms with E-state index >= 15 is 0 Å². The van der Waals surface area contributed by atoms with E-state index in [1.54, 1.807) is 0 Å². The molecule has 9 nitrogen and oxygen atoms in total. The Bertz CT molecular complexity index is 1370. The predicted molar refractivity (Wildman–Crippen MR) is 165 cm³/mol. The van der Waals surface area contributed by atoms with Crippen molar-refractivity contribution < 1.29 is 22.7 Å². The topological polar surface area (TPSA) is 97.3 Å². The Morgan fingerprint density at radius 2 is 1.75 bits per heavy atom. The van der Waals surface area contributed by atoms with Gasteiger partial charge in [-0.2, -0.15) is 13.2 Å². The second kappa shape index (κ2) is 13.3. The first kappa shape index (κ1) is 30.6. The van der Waals surface area contributed by atoms with Crippen LogP contribution in [0.3, 0.4) is 0 Å². The third-order valence-corrected chi connectivity index (χ3v) is 9.52. The number of nitrogens with zero attached hydrogens (tertiary/aromatic N) is 4. The summed E-state index contributed by atoms with van der Waals surface area (Å²) in [7, 11) is 0. The number of H-pyrrole nitrogens is 1. The van der Waals surface area contributed by atoms with Gasteiger partial charge in [0.15, 0.2) is 0 Å². The minimum atomic E-state index is -4.57. The summed E-state index contributed by atoms with van der Waals surface area (Å²) in [5.41, 5.74) is 2.90. The Balaban J connectivity index is 1.22. The van der Waals surface area contributed by atoms with Gasteiger partial charge in [0.25, 0.3) is 5.91 Å². The zero-order chi connectivity index (χ0) is 30.7. The van der Waals surface area contributed by atoms with Crippen LogP contribution in [0.2, 0.25) is 0 Å². The van der Waals surface area contributed by atoms with Crippen molar-refractivity contribution >= 4 is 30.0 Å². The number of fused-ring (bicyclic) bond motifs is 1. The van der Waals surface area contributed by atoms with Gasteiger partial charge in [0.1, 0.15) is 18.3 Å². The van der Waals surface area contributed by atoms with Crippen LogP contribution in [0.25, 0.3) is 0 Å². The zero-order valence-electron chi connectivity index (χ0n) is 25.1. The average molecular weight is 614 g/mol. The van der Waals surface area contributed by atoms with Gasteiger partial charge in [0.05, 0.1) is 30.4 Å². The van der Waals surface area contributed by atoms with Crippen LogP contribution in [0.5, 0.6) is 0 Å². The molecule has 2 saturated heterocycles. The zero-order valence-corrected chi connectivity index (χ0v) is 25.1. The molecule has 1 amide bonds. The number of aromatic nitrogens is 1. The van der Waals surface area contributed by atoms with Gasteiger partial charge in [-0.1, -0.05) is 19.3 Å². The van der Waals surface area contributed by atoms with E-state index in [2.05, 4.69) is 37.2 Å². The smallest absolute Gasteiger partial charge is 0.378 e. The largest absolute Gasteiger partial charge is 0.418 e. The van der Waals surface area contributed by atoms with Crippen molar-refractivity contribution in [1.29, 1.82) is 0 Å². The molecule has 3 N–H and O–H groups in total. The lowest BCUT2D eigenvalue weighted by molar-refractivity contribution is -0.137. The van der Waals surface area contributed by atoms with Gasteiger partial charge < -0.3 is 25.3 Å². The quantitative estimate of drug-likeness (QED) is 0.283. The lowest BCUT2D eigenvalue weighted by Gasteiger charge is -2.42. The number of benzene rings is 1. The molecular weight excluding hydrogens is 571 g/mol. The summed E-state index contributed by atoms with van der Waals surface area (Å²) in [4.78, 5) is 29.1. The number of carbonyl (C=O) groups excluding carboxylic acids is 1. The highest BCUT2D eigenvalue weighted by molar-refractivity contribution is 6.04. The van der Waals surface area contributed by atoms with E-state index in [9.17, 15) is 18.0 Å². The molecule has 3 heterocycles. The van der Waals surface area contributed by atoms with Gasteiger partial charge in [-0.15, -0.1) is 0 Å². The maximum atomic E-state index is 14.0. The Morgan fingerprint density at radius 1 is 1.02 bits per heavy atom. The highest BCUT2D eigenvalue weighted by Gasteiger charge is 2.38. The van der Waals surface area contributed by atoms with E-state index in [4.69, 9.17) is 4.74 Å². The van der Waals surface area contributed by atoms with Gasteiger partial charge in [0.2, 0.25) is 0 Å². The molecule has 0 atom stereocenters. The number of anilines is 1. The molecule has 1 aromatic carbocycles. The molecule has 0 spiro atoms. The number of hydrogen-bond donors (Lipinski definition) is 3. The summed E-state index contributed by atoms with van der Waals surface area (Å²) in [5, 5.41) is 6.68. The highest BCUT2D eigenvalue weighted by atomic mass is 19.4. The van der Waals surface area contributed by atoms with Gasteiger partial charge in [-0.3, -0.25) is 9.69 Å². The fraction of sp³-hybridized carbons (Fsp3) is 0.594. The Hall–Kier alpha value is -3.38. The minimum absolute atomic E-state index is 0.0399. The van der Waals surface area contributed by atoms with Gasteiger partial charge >= 0.3 is 6.18 Å². The standard InChI is InChI=1S/C32H42F3N7O2/c1-36-29-28(26(17-37-29)32(33,34)35)30(40-21-7-3-2-4-8-21)39-20-38-27-12-11-25(23-9-5-6-10-24(23)27)31(43)42-15-13-41(14-16-42)22-18-44-19-22/h11-12,17,21-22,37-38H,1-10,13-16,18-20H2,(H,39,40). The molecule has 1 aromatic heterocycles. The number of rotatable bonds is 8. The molecule has 1 saturated carbocycles. The number of piperazine rings is 1.